The van der Waals surface area contributed by atoms with Crippen molar-refractivity contribution in [3.63, 3.8) is 0 Å². The minimum atomic E-state index is 0.788. The van der Waals surface area contributed by atoms with Gasteiger partial charge in [0.2, 0.25) is 0 Å². The van der Waals surface area contributed by atoms with E-state index in [4.69, 9.17) is 10.5 Å². The lowest BCUT2D eigenvalue weighted by Gasteiger charge is -2.39. The van der Waals surface area contributed by atoms with Crippen LogP contribution < -0.4 is 15.4 Å². The summed E-state index contributed by atoms with van der Waals surface area (Å²) in [6.07, 6.45) is 0. The molecule has 1 saturated heterocycles. The van der Waals surface area contributed by atoms with E-state index in [-0.39, 0.29) is 0 Å². The number of nitrogens with zero attached hydrogens (tertiary/aromatic N) is 1. The first kappa shape index (κ1) is 9.19. The van der Waals surface area contributed by atoms with E-state index in [1.165, 1.54) is 0 Å². The summed E-state index contributed by atoms with van der Waals surface area (Å²) in [6, 6.07) is 5.85. The summed E-state index contributed by atoms with van der Waals surface area (Å²) in [5.41, 5.74) is 7.86. The van der Waals surface area contributed by atoms with Crippen LogP contribution in [0.5, 0.6) is 5.75 Å². The molecular formula is C11H16N2O. The zero-order valence-electron chi connectivity index (χ0n) is 8.66. The molecule has 2 rings (SSSR count). The largest absolute Gasteiger partial charge is 0.497 e. The summed E-state index contributed by atoms with van der Waals surface area (Å²) in [4.78, 5) is 2.29. The van der Waals surface area contributed by atoms with Crippen molar-refractivity contribution >= 4 is 11.4 Å². The highest BCUT2D eigenvalue weighted by Crippen LogP contribution is 2.32. The van der Waals surface area contributed by atoms with Crippen LogP contribution in [0.1, 0.15) is 6.92 Å². The highest BCUT2D eigenvalue weighted by molar-refractivity contribution is 5.70. The van der Waals surface area contributed by atoms with E-state index < -0.39 is 0 Å². The van der Waals surface area contributed by atoms with Crippen molar-refractivity contribution in [2.45, 2.75) is 6.92 Å². The number of anilines is 2. The molecule has 0 spiro atoms. The fraction of sp³-hybridized carbons (Fsp3) is 0.455. The number of rotatable bonds is 2. The molecule has 0 saturated carbocycles. The molecule has 0 unspecified atom stereocenters. The zero-order valence-corrected chi connectivity index (χ0v) is 8.66. The van der Waals surface area contributed by atoms with Gasteiger partial charge in [-0.05, 0) is 18.1 Å². The maximum absolute atomic E-state index is 5.93. The quantitative estimate of drug-likeness (QED) is 0.725. The third kappa shape index (κ3) is 1.50. The molecule has 1 aliphatic heterocycles. The van der Waals surface area contributed by atoms with E-state index in [1.54, 1.807) is 7.11 Å². The topological polar surface area (TPSA) is 38.5 Å². The number of methoxy groups -OCH3 is 1. The normalized spacial score (nSPS) is 16.6. The molecule has 76 valence electrons. The van der Waals surface area contributed by atoms with Crippen molar-refractivity contribution in [2.24, 2.45) is 5.92 Å². The smallest absolute Gasteiger partial charge is 0.121 e. The number of ether oxygens (including phenoxy) is 1. The number of benzene rings is 1. The van der Waals surface area contributed by atoms with Gasteiger partial charge in [-0.25, -0.2) is 0 Å². The van der Waals surface area contributed by atoms with Crippen LogP contribution in [0.2, 0.25) is 0 Å². The molecule has 0 bridgehead atoms. The second kappa shape index (κ2) is 3.40. The van der Waals surface area contributed by atoms with Crippen molar-refractivity contribution in [1.29, 1.82) is 0 Å². The highest BCUT2D eigenvalue weighted by Gasteiger charge is 2.23. The Morgan fingerprint density at radius 1 is 1.43 bits per heavy atom. The van der Waals surface area contributed by atoms with Gasteiger partial charge in [0.15, 0.2) is 0 Å². The fourth-order valence-corrected chi connectivity index (χ4v) is 1.84. The molecule has 3 nitrogen and oxygen atoms in total. The molecule has 2 N–H and O–H groups in total. The first-order valence-corrected chi connectivity index (χ1v) is 4.89. The van der Waals surface area contributed by atoms with E-state index in [0.29, 0.717) is 0 Å². The first-order chi connectivity index (χ1) is 6.70. The number of nitrogens with two attached hydrogens (primary N) is 1. The summed E-state index contributed by atoms with van der Waals surface area (Å²) < 4.78 is 5.10. The van der Waals surface area contributed by atoms with Gasteiger partial charge >= 0.3 is 0 Å². The predicted octanol–water partition coefficient (Wildman–Crippen LogP) is 1.73. The Balaban J connectivity index is 2.18. The summed E-state index contributed by atoms with van der Waals surface area (Å²) in [7, 11) is 1.65. The highest BCUT2D eigenvalue weighted by atomic mass is 16.5. The van der Waals surface area contributed by atoms with Gasteiger partial charge in [0, 0.05) is 19.2 Å². The number of hydrogen-bond acceptors (Lipinski definition) is 3. The monoisotopic (exact) mass is 192 g/mol. The Morgan fingerprint density at radius 3 is 2.64 bits per heavy atom. The van der Waals surface area contributed by atoms with Gasteiger partial charge in [-0.1, -0.05) is 6.92 Å². The molecule has 1 aromatic rings. The standard InChI is InChI=1S/C11H16N2O/c1-8-6-13(7-8)11-4-3-9(14-2)5-10(11)12/h3-5,8H,6-7,12H2,1-2H3. The van der Waals surface area contributed by atoms with Crippen LogP contribution in [0.25, 0.3) is 0 Å². The van der Waals surface area contributed by atoms with Gasteiger partial charge in [-0.15, -0.1) is 0 Å². The second-order valence-corrected chi connectivity index (χ2v) is 3.93. The molecule has 0 aliphatic carbocycles. The lowest BCUT2D eigenvalue weighted by Crippen LogP contribution is -2.45. The molecule has 3 heteroatoms. The van der Waals surface area contributed by atoms with Crippen LogP contribution in [-0.4, -0.2) is 20.2 Å². The maximum atomic E-state index is 5.93. The summed E-state index contributed by atoms with van der Waals surface area (Å²) in [6.45, 7) is 4.46. The maximum Gasteiger partial charge on any atom is 0.121 e. The van der Waals surface area contributed by atoms with Crippen molar-refractivity contribution in [3.8, 4) is 5.75 Å². The fourth-order valence-electron chi connectivity index (χ4n) is 1.84. The Morgan fingerprint density at radius 2 is 2.14 bits per heavy atom. The molecule has 1 heterocycles. The zero-order chi connectivity index (χ0) is 10.1. The minimum Gasteiger partial charge on any atom is -0.497 e. The van der Waals surface area contributed by atoms with Crippen LogP contribution in [0, 0.1) is 5.92 Å². The van der Waals surface area contributed by atoms with E-state index in [2.05, 4.69) is 11.8 Å². The SMILES string of the molecule is COc1ccc(N2CC(C)C2)c(N)c1. The summed E-state index contributed by atoms with van der Waals surface area (Å²) in [5.74, 6) is 1.61. The van der Waals surface area contributed by atoms with Crippen LogP contribution in [-0.2, 0) is 0 Å². The van der Waals surface area contributed by atoms with E-state index in [9.17, 15) is 0 Å². The van der Waals surface area contributed by atoms with Crippen molar-refractivity contribution in [1.82, 2.24) is 0 Å². The Hall–Kier alpha value is -1.38. The van der Waals surface area contributed by atoms with Crippen molar-refractivity contribution in [2.75, 3.05) is 30.8 Å². The van der Waals surface area contributed by atoms with Crippen LogP contribution >= 0.6 is 0 Å². The van der Waals surface area contributed by atoms with Gasteiger partial charge in [0.05, 0.1) is 18.5 Å². The molecule has 0 amide bonds. The molecule has 1 aliphatic rings. The van der Waals surface area contributed by atoms with Gasteiger partial charge in [0.1, 0.15) is 5.75 Å². The molecule has 1 aromatic carbocycles. The van der Waals surface area contributed by atoms with Crippen LogP contribution in [0.15, 0.2) is 18.2 Å². The first-order valence-electron chi connectivity index (χ1n) is 4.89. The molecule has 1 fully saturated rings. The van der Waals surface area contributed by atoms with Crippen molar-refractivity contribution in [3.05, 3.63) is 18.2 Å². The second-order valence-electron chi connectivity index (χ2n) is 3.93. The van der Waals surface area contributed by atoms with E-state index >= 15 is 0 Å². The lowest BCUT2D eigenvalue weighted by atomic mass is 10.0. The summed E-state index contributed by atoms with van der Waals surface area (Å²) >= 11 is 0. The third-order valence-corrected chi connectivity index (χ3v) is 2.64. The molecule has 0 radical (unpaired) electrons. The lowest BCUT2D eigenvalue weighted by molar-refractivity contribution is 0.414. The number of hydrogen-bond donors (Lipinski definition) is 1. The van der Waals surface area contributed by atoms with Gasteiger partial charge in [0.25, 0.3) is 0 Å². The Bertz CT molecular complexity index is 332. The van der Waals surface area contributed by atoms with E-state index in [1.807, 2.05) is 18.2 Å². The molecule has 14 heavy (non-hydrogen) atoms. The Kier molecular flexibility index (Phi) is 2.23. The molecular weight excluding hydrogens is 176 g/mol. The molecule has 0 aromatic heterocycles. The third-order valence-electron chi connectivity index (χ3n) is 2.64. The Labute approximate surface area is 84.5 Å². The van der Waals surface area contributed by atoms with Gasteiger partial charge < -0.3 is 15.4 Å². The van der Waals surface area contributed by atoms with E-state index in [0.717, 1.165) is 36.1 Å². The average Bonchev–Trinajstić information content (AvgIpc) is 2.13. The average molecular weight is 192 g/mol. The van der Waals surface area contributed by atoms with Gasteiger partial charge in [-0.2, -0.15) is 0 Å². The molecule has 0 atom stereocenters. The summed E-state index contributed by atoms with van der Waals surface area (Å²) in [5, 5.41) is 0. The van der Waals surface area contributed by atoms with Gasteiger partial charge in [-0.3, -0.25) is 0 Å². The predicted molar refractivity (Wildman–Crippen MR) is 58.8 cm³/mol. The van der Waals surface area contributed by atoms with Crippen molar-refractivity contribution < 1.29 is 4.74 Å². The number of nitrogen functional groups attached to an aromatic ring is 1. The van der Waals surface area contributed by atoms with Crippen LogP contribution in [0.3, 0.4) is 0 Å². The minimum absolute atomic E-state index is 0.788. The van der Waals surface area contributed by atoms with Crippen LogP contribution in [0.4, 0.5) is 11.4 Å².